The highest BCUT2D eigenvalue weighted by atomic mass is 16.5. The van der Waals surface area contributed by atoms with Crippen molar-refractivity contribution in [3.8, 4) is 5.75 Å². The van der Waals surface area contributed by atoms with E-state index in [-0.39, 0.29) is 6.10 Å². The van der Waals surface area contributed by atoms with Gasteiger partial charge in [0.1, 0.15) is 5.75 Å². The molecule has 1 unspecified atom stereocenters. The molecule has 0 spiro atoms. The molecule has 19 heavy (non-hydrogen) atoms. The third kappa shape index (κ3) is 6.08. The first-order valence-electron chi connectivity index (χ1n) is 7.26. The number of unbranched alkanes of at least 4 members (excludes halogenated alkanes) is 1. The van der Waals surface area contributed by atoms with Crippen LogP contribution in [0.2, 0.25) is 0 Å². The van der Waals surface area contributed by atoms with E-state index in [4.69, 9.17) is 4.74 Å². The number of nitrogens with zero attached hydrogens (tertiary/aromatic N) is 1. The Bertz CT molecular complexity index is 337. The second-order valence-corrected chi connectivity index (χ2v) is 4.96. The van der Waals surface area contributed by atoms with Gasteiger partial charge < -0.3 is 14.7 Å². The van der Waals surface area contributed by atoms with Gasteiger partial charge in [-0.15, -0.1) is 0 Å². The fraction of sp³-hybridized carbons (Fsp3) is 0.625. The molecule has 3 nitrogen and oxygen atoms in total. The molecule has 0 aromatic heterocycles. The van der Waals surface area contributed by atoms with Crippen molar-refractivity contribution in [3.63, 3.8) is 0 Å². The van der Waals surface area contributed by atoms with Crippen LogP contribution in [0.5, 0.6) is 5.75 Å². The Kier molecular flexibility index (Phi) is 7.53. The van der Waals surface area contributed by atoms with Crippen LogP contribution in [0.3, 0.4) is 0 Å². The number of hydrogen-bond donors (Lipinski definition) is 1. The van der Waals surface area contributed by atoms with E-state index in [0.717, 1.165) is 30.8 Å². The molecular weight excluding hydrogens is 238 g/mol. The van der Waals surface area contributed by atoms with E-state index in [9.17, 15) is 5.11 Å². The maximum absolute atomic E-state index is 10.1. The van der Waals surface area contributed by atoms with Crippen molar-refractivity contribution in [3.05, 3.63) is 29.8 Å². The summed E-state index contributed by atoms with van der Waals surface area (Å²) in [4.78, 5) is 2.28. The Morgan fingerprint density at radius 3 is 2.42 bits per heavy atom. The normalized spacial score (nSPS) is 12.7. The van der Waals surface area contributed by atoms with Gasteiger partial charge in [0.2, 0.25) is 0 Å². The topological polar surface area (TPSA) is 32.7 Å². The van der Waals surface area contributed by atoms with Crippen molar-refractivity contribution < 1.29 is 9.84 Å². The molecule has 1 atom stereocenters. The highest BCUT2D eigenvalue weighted by Crippen LogP contribution is 2.20. The van der Waals surface area contributed by atoms with Crippen LogP contribution < -0.4 is 4.74 Å². The summed E-state index contributed by atoms with van der Waals surface area (Å²) in [7, 11) is 2.11. The SMILES string of the molecule is CCCCN(C)CCC(O)c1ccc(OCC)cc1. The molecule has 1 aromatic rings. The summed E-state index contributed by atoms with van der Waals surface area (Å²) < 4.78 is 5.39. The van der Waals surface area contributed by atoms with Gasteiger partial charge in [-0.1, -0.05) is 25.5 Å². The van der Waals surface area contributed by atoms with Crippen LogP contribution in [-0.2, 0) is 0 Å². The zero-order valence-electron chi connectivity index (χ0n) is 12.4. The van der Waals surface area contributed by atoms with Crippen molar-refractivity contribution in [2.24, 2.45) is 0 Å². The Labute approximate surface area is 117 Å². The smallest absolute Gasteiger partial charge is 0.119 e. The second kappa shape index (κ2) is 8.94. The molecule has 0 saturated heterocycles. The molecule has 0 heterocycles. The molecule has 0 aliphatic rings. The van der Waals surface area contributed by atoms with Crippen molar-refractivity contribution in [2.75, 3.05) is 26.7 Å². The summed E-state index contributed by atoms with van der Waals surface area (Å²) in [6.45, 7) is 6.86. The van der Waals surface area contributed by atoms with E-state index >= 15 is 0 Å². The van der Waals surface area contributed by atoms with Gasteiger partial charge in [-0.3, -0.25) is 0 Å². The van der Waals surface area contributed by atoms with Crippen LogP contribution >= 0.6 is 0 Å². The fourth-order valence-electron chi connectivity index (χ4n) is 2.00. The lowest BCUT2D eigenvalue weighted by atomic mass is 10.1. The van der Waals surface area contributed by atoms with Crippen molar-refractivity contribution in [1.82, 2.24) is 4.90 Å². The van der Waals surface area contributed by atoms with E-state index in [1.54, 1.807) is 0 Å². The molecule has 1 aromatic carbocycles. The number of ether oxygens (including phenoxy) is 1. The first-order valence-corrected chi connectivity index (χ1v) is 7.26. The summed E-state index contributed by atoms with van der Waals surface area (Å²) in [5.41, 5.74) is 0.965. The molecule has 108 valence electrons. The highest BCUT2D eigenvalue weighted by molar-refractivity contribution is 5.28. The molecule has 0 aliphatic heterocycles. The van der Waals surface area contributed by atoms with Crippen LogP contribution in [0, 0.1) is 0 Å². The number of rotatable bonds is 9. The molecule has 0 saturated carbocycles. The third-order valence-electron chi connectivity index (χ3n) is 3.25. The van der Waals surface area contributed by atoms with Crippen LogP contribution in [0.1, 0.15) is 44.8 Å². The van der Waals surface area contributed by atoms with Crippen LogP contribution in [-0.4, -0.2) is 36.8 Å². The monoisotopic (exact) mass is 265 g/mol. The Hall–Kier alpha value is -1.06. The minimum atomic E-state index is -0.389. The molecule has 1 N–H and O–H groups in total. The first-order chi connectivity index (χ1) is 9.17. The highest BCUT2D eigenvalue weighted by Gasteiger charge is 2.09. The maximum atomic E-state index is 10.1. The number of aliphatic hydroxyl groups excluding tert-OH is 1. The number of benzene rings is 1. The minimum absolute atomic E-state index is 0.389. The zero-order valence-corrected chi connectivity index (χ0v) is 12.4. The van der Waals surface area contributed by atoms with Gasteiger partial charge in [-0.2, -0.15) is 0 Å². The Balaban J connectivity index is 2.38. The van der Waals surface area contributed by atoms with Crippen LogP contribution in [0.15, 0.2) is 24.3 Å². The van der Waals surface area contributed by atoms with E-state index in [0.29, 0.717) is 6.61 Å². The summed E-state index contributed by atoms with van der Waals surface area (Å²) in [5, 5.41) is 10.1. The predicted molar refractivity (Wildman–Crippen MR) is 79.6 cm³/mol. The van der Waals surface area contributed by atoms with Crippen molar-refractivity contribution in [1.29, 1.82) is 0 Å². The quantitative estimate of drug-likeness (QED) is 0.744. The van der Waals surface area contributed by atoms with E-state index in [1.807, 2.05) is 31.2 Å². The lowest BCUT2D eigenvalue weighted by Gasteiger charge is -2.18. The van der Waals surface area contributed by atoms with E-state index in [1.165, 1.54) is 12.8 Å². The summed E-state index contributed by atoms with van der Waals surface area (Å²) >= 11 is 0. The van der Waals surface area contributed by atoms with Crippen LogP contribution in [0.4, 0.5) is 0 Å². The van der Waals surface area contributed by atoms with Crippen molar-refractivity contribution >= 4 is 0 Å². The molecule has 1 rings (SSSR count). The first kappa shape index (κ1) is 16.0. The summed E-state index contributed by atoms with van der Waals surface area (Å²) in [6, 6.07) is 7.73. The maximum Gasteiger partial charge on any atom is 0.119 e. The predicted octanol–water partition coefficient (Wildman–Crippen LogP) is 3.24. The Morgan fingerprint density at radius 2 is 1.84 bits per heavy atom. The van der Waals surface area contributed by atoms with E-state index < -0.39 is 0 Å². The van der Waals surface area contributed by atoms with Crippen LogP contribution in [0.25, 0.3) is 0 Å². The molecule has 0 fully saturated rings. The standard InChI is InChI=1S/C16H27NO2/c1-4-6-12-17(3)13-11-16(18)14-7-9-15(10-8-14)19-5-2/h7-10,16,18H,4-6,11-13H2,1-3H3. The average Bonchev–Trinajstić information content (AvgIpc) is 2.43. The summed E-state index contributed by atoms with van der Waals surface area (Å²) in [6.07, 6.45) is 2.81. The van der Waals surface area contributed by atoms with Gasteiger partial charge in [0.15, 0.2) is 0 Å². The molecule has 3 heteroatoms. The lowest BCUT2D eigenvalue weighted by Crippen LogP contribution is -2.22. The van der Waals surface area contributed by atoms with Gasteiger partial charge in [-0.05, 0) is 51.1 Å². The number of hydrogen-bond acceptors (Lipinski definition) is 3. The largest absolute Gasteiger partial charge is 0.494 e. The second-order valence-electron chi connectivity index (χ2n) is 4.96. The lowest BCUT2D eigenvalue weighted by molar-refractivity contribution is 0.148. The molecule has 0 amide bonds. The van der Waals surface area contributed by atoms with Gasteiger partial charge in [0, 0.05) is 6.54 Å². The molecule has 0 aliphatic carbocycles. The van der Waals surface area contributed by atoms with E-state index in [2.05, 4.69) is 18.9 Å². The molecule has 0 radical (unpaired) electrons. The average molecular weight is 265 g/mol. The number of aliphatic hydroxyl groups is 1. The van der Waals surface area contributed by atoms with Gasteiger partial charge in [0.25, 0.3) is 0 Å². The third-order valence-corrected chi connectivity index (χ3v) is 3.25. The summed E-state index contributed by atoms with van der Waals surface area (Å²) in [5.74, 6) is 0.860. The molecule has 0 bridgehead atoms. The zero-order chi connectivity index (χ0) is 14.1. The van der Waals surface area contributed by atoms with Gasteiger partial charge >= 0.3 is 0 Å². The molecular formula is C16H27NO2. The fourth-order valence-corrected chi connectivity index (χ4v) is 2.00. The van der Waals surface area contributed by atoms with Gasteiger partial charge in [-0.25, -0.2) is 0 Å². The Morgan fingerprint density at radius 1 is 1.16 bits per heavy atom. The van der Waals surface area contributed by atoms with Crippen molar-refractivity contribution in [2.45, 2.75) is 39.2 Å². The minimum Gasteiger partial charge on any atom is -0.494 e. The van der Waals surface area contributed by atoms with Gasteiger partial charge in [0.05, 0.1) is 12.7 Å².